The molecule has 1 aliphatic rings. The molecule has 1 N–H and O–H groups in total. The van der Waals surface area contributed by atoms with Gasteiger partial charge in [0.05, 0.1) is 22.2 Å². The molecule has 1 atom stereocenters. The maximum atomic E-state index is 12.4. The van der Waals surface area contributed by atoms with Crippen LogP contribution in [0, 0.1) is 0 Å². The highest BCUT2D eigenvalue weighted by Gasteiger charge is 2.28. The molecule has 1 aromatic carbocycles. The minimum atomic E-state index is -3.52. The first-order valence-corrected chi connectivity index (χ1v) is 12.7. The molecule has 146 valence electrons. The molecule has 0 aromatic heterocycles. The van der Waals surface area contributed by atoms with Crippen LogP contribution in [0.3, 0.4) is 0 Å². The molecular weight excluding hydrogens is 396 g/mol. The number of hydrogen-bond donors (Lipinski definition) is 1. The van der Waals surface area contributed by atoms with Crippen molar-refractivity contribution in [3.63, 3.8) is 0 Å². The molecule has 0 radical (unpaired) electrons. The van der Waals surface area contributed by atoms with Gasteiger partial charge in [-0.3, -0.25) is 4.79 Å². The number of hydrogen-bond acceptors (Lipinski definition) is 6. The quantitative estimate of drug-likeness (QED) is 0.685. The van der Waals surface area contributed by atoms with Gasteiger partial charge in [-0.1, -0.05) is 13.8 Å². The average Bonchev–Trinajstić information content (AvgIpc) is 2.93. The van der Waals surface area contributed by atoms with Crippen LogP contribution in [-0.2, 0) is 24.7 Å². The Bertz CT molecular complexity index is 831. The first-order valence-electron chi connectivity index (χ1n) is 8.40. The smallest absolute Gasteiger partial charge is 0.243 e. The van der Waals surface area contributed by atoms with E-state index in [1.165, 1.54) is 28.2 Å². The van der Waals surface area contributed by atoms with Gasteiger partial charge in [0.2, 0.25) is 15.9 Å². The second-order valence-corrected chi connectivity index (χ2v) is 11.5. The van der Waals surface area contributed by atoms with E-state index in [1.807, 2.05) is 0 Å². The number of sulfone groups is 1. The number of carbonyl (C=O) groups excluding carboxylic acids is 1. The Hall–Kier alpha value is -1.10. The molecule has 1 aromatic rings. The number of carbonyl (C=O) groups is 1. The standard InChI is InChI=1S/C16H24N2O5S3/c1-3-18(4-2)26(22,23)15-7-5-13(6-8-15)17-16(19)11-24-14-9-10-25(20,21)12-14/h5-8,14H,3-4,9-12H2,1-2H3,(H,17,19)/t14-/m1/s1. The van der Waals surface area contributed by atoms with Gasteiger partial charge < -0.3 is 5.32 Å². The molecule has 1 fully saturated rings. The van der Waals surface area contributed by atoms with Crippen LogP contribution in [0.25, 0.3) is 0 Å². The van der Waals surface area contributed by atoms with Gasteiger partial charge in [-0.25, -0.2) is 16.8 Å². The fraction of sp³-hybridized carbons (Fsp3) is 0.562. The Morgan fingerprint density at radius 1 is 1.23 bits per heavy atom. The zero-order chi connectivity index (χ0) is 19.4. The number of thioether (sulfide) groups is 1. The van der Waals surface area contributed by atoms with Crippen LogP contribution in [-0.4, -0.2) is 62.6 Å². The molecule has 7 nitrogen and oxygen atoms in total. The molecule has 10 heteroatoms. The second kappa shape index (κ2) is 8.73. The Morgan fingerprint density at radius 2 is 1.85 bits per heavy atom. The number of nitrogens with zero attached hydrogens (tertiary/aromatic N) is 1. The van der Waals surface area contributed by atoms with Gasteiger partial charge in [-0.15, -0.1) is 11.8 Å². The lowest BCUT2D eigenvalue weighted by Crippen LogP contribution is -2.30. The van der Waals surface area contributed by atoms with Crippen molar-refractivity contribution in [1.29, 1.82) is 0 Å². The SMILES string of the molecule is CCN(CC)S(=O)(=O)c1ccc(NC(=O)CS[C@@H]2CCS(=O)(=O)C2)cc1. The number of amides is 1. The van der Waals surface area contributed by atoms with E-state index in [9.17, 15) is 21.6 Å². The number of rotatable bonds is 8. The summed E-state index contributed by atoms with van der Waals surface area (Å²) < 4.78 is 49.0. The zero-order valence-corrected chi connectivity index (χ0v) is 17.3. The van der Waals surface area contributed by atoms with Crippen molar-refractivity contribution in [2.24, 2.45) is 0 Å². The highest BCUT2D eigenvalue weighted by Crippen LogP contribution is 2.24. The summed E-state index contributed by atoms with van der Waals surface area (Å²) >= 11 is 1.34. The molecule has 2 rings (SSSR count). The van der Waals surface area contributed by atoms with Crippen molar-refractivity contribution in [2.75, 3.05) is 35.7 Å². The minimum Gasteiger partial charge on any atom is -0.325 e. The number of sulfonamides is 1. The molecule has 0 unspecified atom stereocenters. The fourth-order valence-corrected chi connectivity index (χ4v) is 7.61. The highest BCUT2D eigenvalue weighted by molar-refractivity contribution is 8.02. The summed E-state index contributed by atoms with van der Waals surface area (Å²) in [5.74, 6) is 0.246. The predicted molar refractivity (Wildman–Crippen MR) is 105 cm³/mol. The Morgan fingerprint density at radius 3 is 2.35 bits per heavy atom. The molecule has 1 heterocycles. The summed E-state index contributed by atoms with van der Waals surface area (Å²) in [6.45, 7) is 4.35. The van der Waals surface area contributed by atoms with Crippen molar-refractivity contribution in [2.45, 2.75) is 30.4 Å². The van der Waals surface area contributed by atoms with Crippen LogP contribution in [0.1, 0.15) is 20.3 Å². The van der Waals surface area contributed by atoms with E-state index < -0.39 is 19.9 Å². The lowest BCUT2D eigenvalue weighted by molar-refractivity contribution is -0.113. The van der Waals surface area contributed by atoms with Crippen LogP contribution in [0.15, 0.2) is 29.2 Å². The van der Waals surface area contributed by atoms with E-state index in [4.69, 9.17) is 0 Å². The fourth-order valence-electron chi connectivity index (χ4n) is 2.71. The Kier molecular flexibility index (Phi) is 7.12. The van der Waals surface area contributed by atoms with Crippen LogP contribution in [0.2, 0.25) is 0 Å². The van der Waals surface area contributed by atoms with Crippen molar-refractivity contribution < 1.29 is 21.6 Å². The summed E-state index contributed by atoms with van der Waals surface area (Å²) in [7, 11) is -6.47. The number of anilines is 1. The van der Waals surface area contributed by atoms with Crippen LogP contribution < -0.4 is 5.32 Å². The van der Waals surface area contributed by atoms with Crippen molar-refractivity contribution in [3.05, 3.63) is 24.3 Å². The molecule has 0 spiro atoms. The Balaban J connectivity index is 1.91. The van der Waals surface area contributed by atoms with Gasteiger partial charge in [0.15, 0.2) is 9.84 Å². The monoisotopic (exact) mass is 420 g/mol. The maximum Gasteiger partial charge on any atom is 0.243 e. The van der Waals surface area contributed by atoms with E-state index >= 15 is 0 Å². The maximum absolute atomic E-state index is 12.4. The van der Waals surface area contributed by atoms with E-state index in [2.05, 4.69) is 5.32 Å². The topological polar surface area (TPSA) is 101 Å². The summed E-state index contributed by atoms with van der Waals surface area (Å²) in [6, 6.07) is 6.05. The average molecular weight is 421 g/mol. The molecule has 0 saturated carbocycles. The molecule has 1 saturated heterocycles. The molecule has 1 aliphatic heterocycles. The van der Waals surface area contributed by atoms with Gasteiger partial charge >= 0.3 is 0 Å². The molecule has 1 amide bonds. The molecule has 0 bridgehead atoms. The van der Waals surface area contributed by atoms with Crippen LogP contribution in [0.4, 0.5) is 5.69 Å². The molecular formula is C16H24N2O5S3. The normalized spacial score (nSPS) is 19.6. The lowest BCUT2D eigenvalue weighted by Gasteiger charge is -2.18. The van der Waals surface area contributed by atoms with E-state index in [1.54, 1.807) is 26.0 Å². The predicted octanol–water partition coefficient (Wildman–Crippen LogP) is 1.58. The third-order valence-corrected chi connectivity index (χ3v) is 9.47. The van der Waals surface area contributed by atoms with Gasteiger partial charge in [-0.05, 0) is 30.7 Å². The first kappa shape index (κ1) is 21.2. The van der Waals surface area contributed by atoms with E-state index in [0.717, 1.165) is 0 Å². The van der Waals surface area contributed by atoms with Gasteiger partial charge in [0.25, 0.3) is 0 Å². The Labute approximate surface area is 159 Å². The van der Waals surface area contributed by atoms with Crippen molar-refractivity contribution >= 4 is 43.2 Å². The van der Waals surface area contributed by atoms with Crippen LogP contribution in [0.5, 0.6) is 0 Å². The van der Waals surface area contributed by atoms with Crippen LogP contribution >= 0.6 is 11.8 Å². The van der Waals surface area contributed by atoms with Crippen molar-refractivity contribution in [3.8, 4) is 0 Å². The summed E-state index contributed by atoms with van der Waals surface area (Å²) in [5.41, 5.74) is 0.508. The summed E-state index contributed by atoms with van der Waals surface area (Å²) in [5, 5.41) is 2.67. The van der Waals surface area contributed by atoms with Gasteiger partial charge in [0.1, 0.15) is 0 Å². The summed E-state index contributed by atoms with van der Waals surface area (Å²) in [4.78, 5) is 12.2. The van der Waals surface area contributed by atoms with E-state index in [-0.39, 0.29) is 33.3 Å². The van der Waals surface area contributed by atoms with Crippen molar-refractivity contribution in [1.82, 2.24) is 4.31 Å². The largest absolute Gasteiger partial charge is 0.325 e. The molecule has 0 aliphatic carbocycles. The number of benzene rings is 1. The van der Waals surface area contributed by atoms with Gasteiger partial charge in [-0.2, -0.15) is 4.31 Å². The third-order valence-electron chi connectivity index (χ3n) is 4.12. The second-order valence-electron chi connectivity index (χ2n) is 6.00. The summed E-state index contributed by atoms with van der Waals surface area (Å²) in [6.07, 6.45) is 0.582. The van der Waals surface area contributed by atoms with E-state index in [0.29, 0.717) is 25.2 Å². The first-order chi connectivity index (χ1) is 12.2. The molecule has 26 heavy (non-hydrogen) atoms. The zero-order valence-electron chi connectivity index (χ0n) is 14.8. The van der Waals surface area contributed by atoms with Gasteiger partial charge in [0, 0.05) is 24.0 Å². The lowest BCUT2D eigenvalue weighted by atomic mass is 10.3. The third kappa shape index (κ3) is 5.45. The minimum absolute atomic E-state index is 0.0349. The number of nitrogens with one attached hydrogen (secondary N) is 1. The highest BCUT2D eigenvalue weighted by atomic mass is 32.2.